The molecule has 0 spiro atoms. The quantitative estimate of drug-likeness (QED) is 0.560. The molecule has 0 saturated heterocycles. The number of hydrogen-bond acceptors (Lipinski definition) is 3. The molecular weight excluding hydrogens is 132 g/mol. The summed E-state index contributed by atoms with van der Waals surface area (Å²) in [5, 5.41) is 0. The van der Waals surface area contributed by atoms with Crippen molar-refractivity contribution >= 4 is 5.88 Å². The molecule has 1 rings (SSSR count). The van der Waals surface area contributed by atoms with Gasteiger partial charge in [0.15, 0.2) is 0 Å². The molecule has 0 fully saturated rings. The smallest absolute Gasteiger partial charge is 0.326 e. The van der Waals surface area contributed by atoms with Crippen molar-refractivity contribution in [3.05, 3.63) is 17.9 Å². The molecule has 56 valence electrons. The molecule has 4 heteroatoms. The van der Waals surface area contributed by atoms with Gasteiger partial charge < -0.3 is 10.2 Å². The first-order valence-corrected chi connectivity index (χ1v) is 3.01. The van der Waals surface area contributed by atoms with E-state index in [-0.39, 0.29) is 0 Å². The Morgan fingerprint density at radius 1 is 1.70 bits per heavy atom. The van der Waals surface area contributed by atoms with Gasteiger partial charge >= 0.3 is 5.88 Å². The van der Waals surface area contributed by atoms with Crippen LogP contribution in [0.5, 0.6) is 0 Å². The summed E-state index contributed by atoms with van der Waals surface area (Å²) in [4.78, 5) is 4.73. The summed E-state index contributed by atoms with van der Waals surface area (Å²) >= 11 is 0. The Morgan fingerprint density at radius 3 is 3.00 bits per heavy atom. The van der Waals surface area contributed by atoms with Gasteiger partial charge in [-0.2, -0.15) is 0 Å². The number of furan rings is 1. The molecule has 0 radical (unpaired) electrons. The summed E-state index contributed by atoms with van der Waals surface area (Å²) in [6.07, 6.45) is 0. The van der Waals surface area contributed by atoms with Gasteiger partial charge in [0.1, 0.15) is 5.76 Å². The van der Waals surface area contributed by atoms with E-state index in [9.17, 15) is 0 Å². The van der Waals surface area contributed by atoms with E-state index in [0.717, 1.165) is 5.76 Å². The zero-order chi connectivity index (χ0) is 7.40. The highest BCUT2D eigenvalue weighted by atomic mass is 16.6. The molecule has 0 aliphatic carbocycles. The third-order valence-corrected chi connectivity index (χ3v) is 1.12. The Morgan fingerprint density at radius 2 is 2.50 bits per heavy atom. The minimum Gasteiger partial charge on any atom is -0.414 e. The van der Waals surface area contributed by atoms with Gasteiger partial charge in [-0.25, -0.2) is 4.84 Å². The van der Waals surface area contributed by atoms with Gasteiger partial charge in [0.2, 0.25) is 0 Å². The fourth-order valence-electron chi connectivity index (χ4n) is 0.684. The summed E-state index contributed by atoms with van der Waals surface area (Å²) < 4.78 is 5.17. The van der Waals surface area contributed by atoms with Crippen LogP contribution in [-0.4, -0.2) is 7.11 Å². The molecule has 1 heterocycles. The Bertz CT molecular complexity index is 197. The molecular formula is C6H11N2O2+. The van der Waals surface area contributed by atoms with Crippen LogP contribution in [0, 0.1) is 0 Å². The third kappa shape index (κ3) is 1.57. The van der Waals surface area contributed by atoms with Crippen molar-refractivity contribution < 1.29 is 14.7 Å². The van der Waals surface area contributed by atoms with Crippen LogP contribution < -0.4 is 11.2 Å². The SMILES string of the molecule is CO[NH2+]c1ccc(CN)o1. The number of quaternary nitrogens is 1. The molecule has 4 nitrogen and oxygen atoms in total. The zero-order valence-corrected chi connectivity index (χ0v) is 5.83. The Hall–Kier alpha value is -0.840. The van der Waals surface area contributed by atoms with Crippen molar-refractivity contribution in [3.63, 3.8) is 0 Å². The second-order valence-electron chi connectivity index (χ2n) is 1.86. The van der Waals surface area contributed by atoms with Crippen LogP contribution in [0.15, 0.2) is 16.5 Å². The summed E-state index contributed by atoms with van der Waals surface area (Å²) in [5.41, 5.74) is 6.84. The molecule has 0 amide bonds. The van der Waals surface area contributed by atoms with Gasteiger partial charge in [0.05, 0.1) is 13.7 Å². The summed E-state index contributed by atoms with van der Waals surface area (Å²) in [7, 11) is 1.57. The monoisotopic (exact) mass is 143 g/mol. The van der Waals surface area contributed by atoms with E-state index in [0.29, 0.717) is 12.4 Å². The van der Waals surface area contributed by atoms with Crippen molar-refractivity contribution in [2.75, 3.05) is 7.11 Å². The van der Waals surface area contributed by atoms with Crippen LogP contribution in [0.3, 0.4) is 0 Å². The fraction of sp³-hybridized carbons (Fsp3) is 0.333. The molecule has 0 saturated carbocycles. The molecule has 1 aromatic heterocycles. The van der Waals surface area contributed by atoms with Crippen molar-refractivity contribution in [2.45, 2.75) is 6.54 Å². The zero-order valence-electron chi connectivity index (χ0n) is 5.83. The lowest BCUT2D eigenvalue weighted by atomic mass is 10.5. The predicted molar refractivity (Wildman–Crippen MR) is 35.2 cm³/mol. The van der Waals surface area contributed by atoms with Crippen LogP contribution in [0.25, 0.3) is 0 Å². The van der Waals surface area contributed by atoms with Gasteiger partial charge in [-0.15, -0.1) is 5.48 Å². The Balaban J connectivity index is 2.59. The van der Waals surface area contributed by atoms with Gasteiger partial charge in [-0.05, 0) is 6.07 Å². The van der Waals surface area contributed by atoms with Crippen LogP contribution in [0.2, 0.25) is 0 Å². The Labute approximate surface area is 58.9 Å². The van der Waals surface area contributed by atoms with E-state index < -0.39 is 0 Å². The van der Waals surface area contributed by atoms with Gasteiger partial charge in [0, 0.05) is 6.07 Å². The average molecular weight is 143 g/mol. The molecule has 1 aromatic rings. The highest BCUT2D eigenvalue weighted by Crippen LogP contribution is 2.05. The average Bonchev–Trinajstić information content (AvgIpc) is 2.37. The van der Waals surface area contributed by atoms with Crippen LogP contribution >= 0.6 is 0 Å². The first-order valence-electron chi connectivity index (χ1n) is 3.01. The highest BCUT2D eigenvalue weighted by molar-refractivity contribution is 5.15. The molecule has 4 N–H and O–H groups in total. The van der Waals surface area contributed by atoms with E-state index in [1.165, 1.54) is 5.48 Å². The summed E-state index contributed by atoms with van der Waals surface area (Å²) in [5.74, 6) is 1.46. The lowest BCUT2D eigenvalue weighted by molar-refractivity contribution is -0.837. The normalized spacial score (nSPS) is 10.2. The third-order valence-electron chi connectivity index (χ3n) is 1.12. The summed E-state index contributed by atoms with van der Waals surface area (Å²) in [6.45, 7) is 0.428. The molecule has 0 unspecified atom stereocenters. The topological polar surface area (TPSA) is 65.0 Å². The largest absolute Gasteiger partial charge is 0.414 e. The lowest BCUT2D eigenvalue weighted by Gasteiger charge is -1.88. The molecule has 0 bridgehead atoms. The maximum Gasteiger partial charge on any atom is 0.326 e. The number of nitrogens with two attached hydrogens (primary N) is 2. The summed E-state index contributed by atoms with van der Waals surface area (Å²) in [6, 6.07) is 3.64. The maximum absolute atomic E-state index is 5.31. The maximum atomic E-state index is 5.31. The second-order valence-corrected chi connectivity index (χ2v) is 1.86. The minimum absolute atomic E-state index is 0.428. The minimum atomic E-state index is 0.428. The Kier molecular flexibility index (Phi) is 2.44. The van der Waals surface area contributed by atoms with Gasteiger partial charge in [-0.3, -0.25) is 0 Å². The number of rotatable bonds is 3. The molecule has 0 aliphatic rings. The van der Waals surface area contributed by atoms with Gasteiger partial charge in [0.25, 0.3) is 0 Å². The van der Waals surface area contributed by atoms with Crippen LogP contribution in [-0.2, 0) is 11.4 Å². The predicted octanol–water partition coefficient (Wildman–Crippen LogP) is -0.505. The first-order chi connectivity index (χ1) is 4.86. The second kappa shape index (κ2) is 3.36. The first kappa shape index (κ1) is 7.27. The van der Waals surface area contributed by atoms with E-state index in [1.807, 2.05) is 12.1 Å². The van der Waals surface area contributed by atoms with Crippen LogP contribution in [0.1, 0.15) is 5.76 Å². The van der Waals surface area contributed by atoms with Crippen LogP contribution in [0.4, 0.5) is 5.88 Å². The van der Waals surface area contributed by atoms with Crippen molar-refractivity contribution in [2.24, 2.45) is 5.73 Å². The standard InChI is InChI=1S/C6H10N2O2/c1-9-8-6-3-2-5(4-7)10-6/h2-3,8H,4,7H2,1H3/p+1. The molecule has 0 aliphatic heterocycles. The number of hydrogen-bond donors (Lipinski definition) is 2. The highest BCUT2D eigenvalue weighted by Gasteiger charge is 2.01. The fourth-order valence-corrected chi connectivity index (χ4v) is 0.684. The van der Waals surface area contributed by atoms with Crippen molar-refractivity contribution in [3.8, 4) is 0 Å². The lowest BCUT2D eigenvalue weighted by Crippen LogP contribution is -2.75. The van der Waals surface area contributed by atoms with E-state index in [2.05, 4.69) is 0 Å². The van der Waals surface area contributed by atoms with Gasteiger partial charge in [-0.1, -0.05) is 0 Å². The van der Waals surface area contributed by atoms with Crippen molar-refractivity contribution in [1.82, 2.24) is 0 Å². The molecule has 0 atom stereocenters. The van der Waals surface area contributed by atoms with Crippen molar-refractivity contribution in [1.29, 1.82) is 0 Å². The molecule has 10 heavy (non-hydrogen) atoms. The van der Waals surface area contributed by atoms with E-state index in [1.54, 1.807) is 7.11 Å². The van der Waals surface area contributed by atoms with E-state index >= 15 is 0 Å². The van der Waals surface area contributed by atoms with E-state index in [4.69, 9.17) is 15.0 Å². The molecule has 0 aromatic carbocycles.